The quantitative estimate of drug-likeness (QED) is 0.811. The first-order valence-electron chi connectivity index (χ1n) is 5.56. The Morgan fingerprint density at radius 2 is 2.22 bits per heavy atom. The molecule has 1 aliphatic rings. The first kappa shape index (κ1) is 12.8. The molecule has 1 fully saturated rings. The molecule has 0 aromatic heterocycles. The monoisotopic (exact) mass is 268 g/mol. The molecule has 1 aromatic carbocycles. The lowest BCUT2D eigenvalue weighted by Gasteiger charge is -2.25. The van der Waals surface area contributed by atoms with Crippen LogP contribution in [0.5, 0.6) is 0 Å². The molecule has 1 atom stereocenters. The predicted molar refractivity (Wildman–Crippen MR) is 66.6 cm³/mol. The van der Waals surface area contributed by atoms with Gasteiger partial charge >= 0.3 is 0 Å². The van der Waals surface area contributed by atoms with Crippen LogP contribution in [-0.4, -0.2) is 33.0 Å². The summed E-state index contributed by atoms with van der Waals surface area (Å²) < 4.78 is 36.3. The SMILES string of the molecule is CN(c1ccc(C#N)c(F)c1)C1CCS(=O)(=O)C1. The maximum Gasteiger partial charge on any atom is 0.152 e. The van der Waals surface area contributed by atoms with Crippen LogP contribution in [0.4, 0.5) is 10.1 Å². The number of anilines is 1. The van der Waals surface area contributed by atoms with Gasteiger partial charge in [-0.25, -0.2) is 12.8 Å². The largest absolute Gasteiger partial charge is 0.370 e. The lowest BCUT2D eigenvalue weighted by molar-refractivity contribution is 0.600. The minimum atomic E-state index is -2.96. The van der Waals surface area contributed by atoms with Gasteiger partial charge in [0.1, 0.15) is 11.9 Å². The molecule has 0 saturated carbocycles. The van der Waals surface area contributed by atoms with E-state index in [4.69, 9.17) is 5.26 Å². The van der Waals surface area contributed by atoms with E-state index in [1.807, 2.05) is 0 Å². The van der Waals surface area contributed by atoms with Gasteiger partial charge in [-0.3, -0.25) is 0 Å². The Morgan fingerprint density at radius 3 is 2.72 bits per heavy atom. The summed E-state index contributed by atoms with van der Waals surface area (Å²) in [5.74, 6) is -0.297. The van der Waals surface area contributed by atoms with Crippen LogP contribution in [-0.2, 0) is 9.84 Å². The second-order valence-electron chi connectivity index (χ2n) is 4.44. The van der Waals surface area contributed by atoms with Gasteiger partial charge in [0.25, 0.3) is 0 Å². The molecule has 1 aliphatic heterocycles. The van der Waals surface area contributed by atoms with Crippen LogP contribution in [0.15, 0.2) is 18.2 Å². The molecule has 1 aromatic rings. The Balaban J connectivity index is 2.22. The highest BCUT2D eigenvalue weighted by molar-refractivity contribution is 7.91. The van der Waals surface area contributed by atoms with E-state index in [0.29, 0.717) is 12.1 Å². The first-order valence-corrected chi connectivity index (χ1v) is 7.38. The summed E-state index contributed by atoms with van der Waals surface area (Å²) in [5.41, 5.74) is 0.583. The first-order chi connectivity index (χ1) is 8.43. The second-order valence-corrected chi connectivity index (χ2v) is 6.67. The molecule has 96 valence electrons. The van der Waals surface area contributed by atoms with Gasteiger partial charge in [-0.05, 0) is 24.6 Å². The van der Waals surface area contributed by atoms with Crippen molar-refractivity contribution in [3.8, 4) is 6.07 Å². The highest BCUT2D eigenvalue weighted by atomic mass is 32.2. The van der Waals surface area contributed by atoms with Crippen molar-refractivity contribution in [2.24, 2.45) is 0 Å². The molecule has 0 radical (unpaired) electrons. The summed E-state index contributed by atoms with van der Waals surface area (Å²) in [6, 6.07) is 5.94. The van der Waals surface area contributed by atoms with Gasteiger partial charge in [0, 0.05) is 18.8 Å². The van der Waals surface area contributed by atoms with Gasteiger partial charge in [-0.2, -0.15) is 5.26 Å². The summed E-state index contributed by atoms with van der Waals surface area (Å²) in [5, 5.41) is 8.65. The zero-order chi connectivity index (χ0) is 13.3. The standard InChI is InChI=1S/C12H13FN2O2S/c1-15(11-4-5-18(16,17)8-11)10-3-2-9(7-14)12(13)6-10/h2-3,6,11H,4-5,8H2,1H3. The molecule has 1 unspecified atom stereocenters. The molecule has 2 rings (SSSR count). The number of benzene rings is 1. The number of nitriles is 1. The van der Waals surface area contributed by atoms with E-state index in [0.717, 1.165) is 0 Å². The summed E-state index contributed by atoms with van der Waals surface area (Å²) in [6.07, 6.45) is 0.556. The minimum absolute atomic E-state index is 0.00815. The maximum atomic E-state index is 13.5. The Bertz CT molecular complexity index is 607. The fraction of sp³-hybridized carbons (Fsp3) is 0.417. The summed E-state index contributed by atoms with van der Waals surface area (Å²) in [6.45, 7) is 0. The molecule has 6 heteroatoms. The number of halogens is 1. The molecule has 1 heterocycles. The summed E-state index contributed by atoms with van der Waals surface area (Å²) >= 11 is 0. The van der Waals surface area contributed by atoms with E-state index >= 15 is 0 Å². The van der Waals surface area contributed by atoms with E-state index < -0.39 is 15.7 Å². The molecule has 0 amide bonds. The lowest BCUT2D eigenvalue weighted by Crippen LogP contribution is -2.32. The summed E-state index contributed by atoms with van der Waals surface area (Å²) in [7, 11) is -1.22. The lowest BCUT2D eigenvalue weighted by atomic mass is 10.1. The Kier molecular flexibility index (Phi) is 3.26. The fourth-order valence-corrected chi connectivity index (χ4v) is 3.88. The average molecular weight is 268 g/mol. The van der Waals surface area contributed by atoms with Gasteiger partial charge in [0.05, 0.1) is 17.1 Å². The third-order valence-corrected chi connectivity index (χ3v) is 4.99. The second kappa shape index (κ2) is 4.58. The number of nitrogens with zero attached hydrogens (tertiary/aromatic N) is 2. The van der Waals surface area contributed by atoms with Crippen molar-refractivity contribution in [2.75, 3.05) is 23.5 Å². The number of sulfone groups is 1. The predicted octanol–water partition coefficient (Wildman–Crippen LogP) is 1.32. The number of rotatable bonds is 2. The van der Waals surface area contributed by atoms with E-state index in [2.05, 4.69) is 0 Å². The van der Waals surface area contributed by atoms with Crippen molar-refractivity contribution in [3.63, 3.8) is 0 Å². The molecule has 0 N–H and O–H groups in total. The molecule has 18 heavy (non-hydrogen) atoms. The van der Waals surface area contributed by atoms with Gasteiger partial charge in [0.2, 0.25) is 0 Å². The Morgan fingerprint density at radius 1 is 1.50 bits per heavy atom. The normalized spacial score (nSPS) is 21.5. The highest BCUT2D eigenvalue weighted by Gasteiger charge is 2.30. The fourth-order valence-electron chi connectivity index (χ4n) is 2.11. The number of hydrogen-bond acceptors (Lipinski definition) is 4. The van der Waals surface area contributed by atoms with Crippen LogP contribution in [0, 0.1) is 17.1 Å². The Labute approximate surface area is 106 Å². The molecule has 0 aliphatic carbocycles. The zero-order valence-electron chi connectivity index (χ0n) is 9.93. The molecule has 0 spiro atoms. The van der Waals surface area contributed by atoms with Crippen molar-refractivity contribution in [1.29, 1.82) is 5.26 Å². The van der Waals surface area contributed by atoms with E-state index in [9.17, 15) is 12.8 Å². The third kappa shape index (κ3) is 2.46. The van der Waals surface area contributed by atoms with Gasteiger partial charge in [-0.1, -0.05) is 0 Å². The van der Waals surface area contributed by atoms with Crippen molar-refractivity contribution < 1.29 is 12.8 Å². The van der Waals surface area contributed by atoms with Crippen molar-refractivity contribution in [3.05, 3.63) is 29.6 Å². The van der Waals surface area contributed by atoms with Crippen LogP contribution in [0.2, 0.25) is 0 Å². The van der Waals surface area contributed by atoms with Crippen molar-refractivity contribution >= 4 is 15.5 Å². The topological polar surface area (TPSA) is 61.2 Å². The molecule has 4 nitrogen and oxygen atoms in total. The molecule has 1 saturated heterocycles. The van der Waals surface area contributed by atoms with Crippen LogP contribution in [0.25, 0.3) is 0 Å². The molecular formula is C12H13FN2O2S. The minimum Gasteiger partial charge on any atom is -0.370 e. The average Bonchev–Trinajstić information content (AvgIpc) is 2.68. The van der Waals surface area contributed by atoms with Crippen LogP contribution < -0.4 is 4.90 Å². The maximum absolute atomic E-state index is 13.5. The van der Waals surface area contributed by atoms with Gasteiger partial charge in [0.15, 0.2) is 9.84 Å². The Hall–Kier alpha value is -1.61. The highest BCUT2D eigenvalue weighted by Crippen LogP contribution is 2.24. The van der Waals surface area contributed by atoms with Crippen LogP contribution in [0.3, 0.4) is 0 Å². The van der Waals surface area contributed by atoms with Crippen molar-refractivity contribution in [1.82, 2.24) is 0 Å². The van der Waals surface area contributed by atoms with E-state index in [1.54, 1.807) is 24.1 Å². The molecular weight excluding hydrogens is 255 g/mol. The van der Waals surface area contributed by atoms with E-state index in [-0.39, 0.29) is 23.1 Å². The van der Waals surface area contributed by atoms with Crippen molar-refractivity contribution in [2.45, 2.75) is 12.5 Å². The number of hydrogen-bond donors (Lipinski definition) is 0. The van der Waals surface area contributed by atoms with Gasteiger partial charge in [-0.15, -0.1) is 0 Å². The van der Waals surface area contributed by atoms with Crippen LogP contribution >= 0.6 is 0 Å². The van der Waals surface area contributed by atoms with E-state index in [1.165, 1.54) is 12.1 Å². The third-order valence-electron chi connectivity index (χ3n) is 3.24. The van der Waals surface area contributed by atoms with Crippen LogP contribution in [0.1, 0.15) is 12.0 Å². The molecule has 0 bridgehead atoms. The van der Waals surface area contributed by atoms with Gasteiger partial charge < -0.3 is 4.90 Å². The smallest absolute Gasteiger partial charge is 0.152 e. The summed E-state index contributed by atoms with van der Waals surface area (Å²) in [4.78, 5) is 1.76. The zero-order valence-corrected chi connectivity index (χ0v) is 10.7.